The summed E-state index contributed by atoms with van der Waals surface area (Å²) in [7, 11) is 0. The molecule has 0 N–H and O–H groups in total. The molecular formula is C17H25NO3. The molecule has 1 aliphatic carbocycles. The number of hydrogen-bond acceptors (Lipinski definition) is 3. The maximum Gasteiger partial charge on any atom is 0.184 e. The second-order valence-corrected chi connectivity index (χ2v) is 6.67. The molecule has 2 heterocycles. The van der Waals surface area contributed by atoms with E-state index in [1.54, 1.807) is 6.07 Å². The van der Waals surface area contributed by atoms with Crippen molar-refractivity contribution in [3.8, 4) is 0 Å². The highest BCUT2D eigenvalue weighted by Gasteiger charge is 2.40. The molecular weight excluding hydrogens is 266 g/mol. The average Bonchev–Trinajstić information content (AvgIpc) is 2.92. The molecule has 1 aromatic rings. The molecule has 0 aromatic carbocycles. The molecule has 4 heteroatoms. The zero-order valence-corrected chi connectivity index (χ0v) is 13.0. The van der Waals surface area contributed by atoms with Crippen molar-refractivity contribution in [1.29, 1.82) is 0 Å². The molecule has 3 rings (SSSR count). The SMILES string of the molecule is CC(C)c1cn(CC2CCC3(CC2)OCCO3)ccc1=O. The third kappa shape index (κ3) is 3.22. The van der Waals surface area contributed by atoms with Crippen LogP contribution in [0.25, 0.3) is 0 Å². The summed E-state index contributed by atoms with van der Waals surface area (Å²) < 4.78 is 13.7. The molecule has 2 fully saturated rings. The quantitative estimate of drug-likeness (QED) is 0.859. The molecule has 0 atom stereocenters. The molecule has 116 valence electrons. The molecule has 0 radical (unpaired) electrons. The number of hydrogen-bond donors (Lipinski definition) is 0. The predicted molar refractivity (Wildman–Crippen MR) is 81.4 cm³/mol. The van der Waals surface area contributed by atoms with Gasteiger partial charge in [-0.1, -0.05) is 13.8 Å². The minimum Gasteiger partial charge on any atom is -0.353 e. The molecule has 1 aromatic heterocycles. The van der Waals surface area contributed by atoms with Gasteiger partial charge in [-0.05, 0) is 24.7 Å². The first-order chi connectivity index (χ1) is 10.1. The van der Waals surface area contributed by atoms with Crippen molar-refractivity contribution in [1.82, 2.24) is 4.57 Å². The van der Waals surface area contributed by atoms with Crippen molar-refractivity contribution in [2.45, 2.75) is 57.8 Å². The summed E-state index contributed by atoms with van der Waals surface area (Å²) in [6, 6.07) is 1.70. The highest BCUT2D eigenvalue weighted by atomic mass is 16.7. The lowest BCUT2D eigenvalue weighted by Gasteiger charge is -2.35. The summed E-state index contributed by atoms with van der Waals surface area (Å²) in [5.41, 5.74) is 1.06. The highest BCUT2D eigenvalue weighted by molar-refractivity contribution is 5.14. The summed E-state index contributed by atoms with van der Waals surface area (Å²) in [4.78, 5) is 11.8. The highest BCUT2D eigenvalue weighted by Crippen LogP contribution is 2.38. The third-order valence-corrected chi connectivity index (χ3v) is 4.78. The van der Waals surface area contributed by atoms with Crippen LogP contribution in [0.1, 0.15) is 51.0 Å². The van der Waals surface area contributed by atoms with Gasteiger partial charge < -0.3 is 14.0 Å². The fourth-order valence-corrected chi connectivity index (χ4v) is 3.48. The van der Waals surface area contributed by atoms with Crippen LogP contribution in [0.5, 0.6) is 0 Å². The topological polar surface area (TPSA) is 40.5 Å². The van der Waals surface area contributed by atoms with Gasteiger partial charge in [0.15, 0.2) is 11.2 Å². The van der Waals surface area contributed by atoms with Crippen LogP contribution in [0.2, 0.25) is 0 Å². The zero-order chi connectivity index (χ0) is 14.9. The predicted octanol–water partition coefficient (Wildman–Crippen LogP) is 2.91. The maximum absolute atomic E-state index is 11.8. The van der Waals surface area contributed by atoms with Gasteiger partial charge in [-0.2, -0.15) is 0 Å². The maximum atomic E-state index is 11.8. The van der Waals surface area contributed by atoms with Gasteiger partial charge in [0.25, 0.3) is 0 Å². The monoisotopic (exact) mass is 291 g/mol. The van der Waals surface area contributed by atoms with Crippen LogP contribution in [0.15, 0.2) is 23.3 Å². The van der Waals surface area contributed by atoms with Crippen LogP contribution >= 0.6 is 0 Å². The Morgan fingerprint density at radius 3 is 2.57 bits per heavy atom. The number of pyridine rings is 1. The fraction of sp³-hybridized carbons (Fsp3) is 0.706. The lowest BCUT2D eigenvalue weighted by Crippen LogP contribution is -2.36. The first kappa shape index (κ1) is 14.8. The van der Waals surface area contributed by atoms with Gasteiger partial charge in [0.2, 0.25) is 0 Å². The molecule has 1 aliphatic heterocycles. The van der Waals surface area contributed by atoms with Gasteiger partial charge in [0, 0.05) is 43.4 Å². The number of nitrogens with zero attached hydrogens (tertiary/aromatic N) is 1. The summed E-state index contributed by atoms with van der Waals surface area (Å²) >= 11 is 0. The van der Waals surface area contributed by atoms with E-state index in [1.807, 2.05) is 12.4 Å². The molecule has 4 nitrogen and oxygen atoms in total. The van der Waals surface area contributed by atoms with E-state index in [2.05, 4.69) is 18.4 Å². The lowest BCUT2D eigenvalue weighted by molar-refractivity contribution is -0.183. The van der Waals surface area contributed by atoms with Crippen molar-refractivity contribution in [2.24, 2.45) is 5.92 Å². The molecule has 1 spiro atoms. The Balaban J connectivity index is 1.63. The number of aromatic nitrogens is 1. The minimum atomic E-state index is -0.275. The Morgan fingerprint density at radius 1 is 1.29 bits per heavy atom. The second-order valence-electron chi connectivity index (χ2n) is 6.67. The smallest absolute Gasteiger partial charge is 0.184 e. The molecule has 0 amide bonds. The van der Waals surface area contributed by atoms with Gasteiger partial charge >= 0.3 is 0 Å². The van der Waals surface area contributed by atoms with Crippen LogP contribution in [-0.4, -0.2) is 23.6 Å². The van der Waals surface area contributed by atoms with Crippen LogP contribution < -0.4 is 5.43 Å². The van der Waals surface area contributed by atoms with Crippen LogP contribution in [-0.2, 0) is 16.0 Å². The Labute approximate surface area is 126 Å². The Hall–Kier alpha value is -1.13. The van der Waals surface area contributed by atoms with Crippen molar-refractivity contribution >= 4 is 0 Å². The van der Waals surface area contributed by atoms with Crippen molar-refractivity contribution in [3.63, 3.8) is 0 Å². The molecule has 0 unspecified atom stereocenters. The fourth-order valence-electron chi connectivity index (χ4n) is 3.48. The normalized spacial score (nSPS) is 22.2. The van der Waals surface area contributed by atoms with E-state index in [1.165, 1.54) is 0 Å². The molecule has 1 saturated carbocycles. The Morgan fingerprint density at radius 2 is 1.95 bits per heavy atom. The van der Waals surface area contributed by atoms with Gasteiger partial charge in [0.05, 0.1) is 13.2 Å². The van der Waals surface area contributed by atoms with Gasteiger partial charge in [-0.15, -0.1) is 0 Å². The largest absolute Gasteiger partial charge is 0.353 e. The standard InChI is InChI=1S/C17H25NO3/c1-13(2)15-12-18(8-5-16(15)19)11-14-3-6-17(7-4-14)20-9-10-21-17/h5,8,12-14H,3-4,6-7,9-11H2,1-2H3. The van der Waals surface area contributed by atoms with Gasteiger partial charge in [-0.25, -0.2) is 0 Å². The zero-order valence-electron chi connectivity index (χ0n) is 13.0. The molecule has 21 heavy (non-hydrogen) atoms. The first-order valence-corrected chi connectivity index (χ1v) is 8.06. The van der Waals surface area contributed by atoms with E-state index < -0.39 is 0 Å². The van der Waals surface area contributed by atoms with Crippen LogP contribution in [0.3, 0.4) is 0 Å². The number of ether oxygens (including phenoxy) is 2. The van der Waals surface area contributed by atoms with E-state index in [-0.39, 0.29) is 17.1 Å². The summed E-state index contributed by atoms with van der Waals surface area (Å²) in [6.45, 7) is 6.60. The molecule has 2 aliphatic rings. The van der Waals surface area contributed by atoms with Crippen LogP contribution in [0.4, 0.5) is 0 Å². The van der Waals surface area contributed by atoms with Gasteiger partial charge in [0.1, 0.15) is 0 Å². The van der Waals surface area contributed by atoms with E-state index in [4.69, 9.17) is 9.47 Å². The minimum absolute atomic E-state index is 0.150. The second kappa shape index (κ2) is 5.93. The van der Waals surface area contributed by atoms with Crippen LogP contribution in [0, 0.1) is 5.92 Å². The van der Waals surface area contributed by atoms with Crippen molar-refractivity contribution in [2.75, 3.05) is 13.2 Å². The first-order valence-electron chi connectivity index (χ1n) is 8.06. The van der Waals surface area contributed by atoms with E-state index in [0.29, 0.717) is 5.92 Å². The Kier molecular flexibility index (Phi) is 4.18. The Bertz CT molecular complexity index is 533. The summed E-state index contributed by atoms with van der Waals surface area (Å²) in [5.74, 6) is 0.647. The summed E-state index contributed by atoms with van der Waals surface area (Å²) in [6.07, 6.45) is 8.19. The molecule has 1 saturated heterocycles. The van der Waals surface area contributed by atoms with E-state index in [9.17, 15) is 4.79 Å². The van der Waals surface area contributed by atoms with Crippen molar-refractivity contribution in [3.05, 3.63) is 34.2 Å². The lowest BCUT2D eigenvalue weighted by atomic mass is 9.85. The molecule has 0 bridgehead atoms. The number of rotatable bonds is 3. The third-order valence-electron chi connectivity index (χ3n) is 4.78. The average molecular weight is 291 g/mol. The van der Waals surface area contributed by atoms with Crippen molar-refractivity contribution < 1.29 is 9.47 Å². The van der Waals surface area contributed by atoms with E-state index >= 15 is 0 Å². The van der Waals surface area contributed by atoms with Gasteiger partial charge in [-0.3, -0.25) is 4.79 Å². The summed E-state index contributed by atoms with van der Waals surface area (Å²) in [5, 5.41) is 0. The van der Waals surface area contributed by atoms with E-state index in [0.717, 1.165) is 51.0 Å².